The number of phenolic OH excluding ortho intramolecular Hbond substituents is 1. The molecule has 0 aliphatic carbocycles. The Morgan fingerprint density at radius 3 is 2.16 bits per heavy atom. The number of carboxylic acid groups (broad SMARTS) is 1. The number of benzene rings is 1. The average molecular weight is 258 g/mol. The van der Waals surface area contributed by atoms with Gasteiger partial charge in [-0.3, -0.25) is 4.79 Å². The Morgan fingerprint density at radius 1 is 1.00 bits per heavy atom. The van der Waals surface area contributed by atoms with Crippen LogP contribution in [0.5, 0.6) is 5.75 Å². The summed E-state index contributed by atoms with van der Waals surface area (Å²) >= 11 is 0. The zero-order valence-corrected chi connectivity index (χ0v) is 9.70. The largest absolute Gasteiger partial charge is 0.508 e. The zero-order valence-electron chi connectivity index (χ0n) is 9.70. The van der Waals surface area contributed by atoms with Gasteiger partial charge < -0.3 is 15.5 Å². The number of hydrogen-bond acceptors (Lipinski definition) is 4. The number of aromatic hydroxyl groups is 1. The van der Waals surface area contributed by atoms with Crippen molar-refractivity contribution in [3.63, 3.8) is 0 Å². The van der Waals surface area contributed by atoms with Gasteiger partial charge in [0.15, 0.2) is 0 Å². The predicted octanol–water partition coefficient (Wildman–Crippen LogP) is 1.74. The summed E-state index contributed by atoms with van der Waals surface area (Å²) in [5.74, 6) is -1.15. The van der Waals surface area contributed by atoms with Crippen LogP contribution in [0, 0.1) is 0 Å². The van der Waals surface area contributed by atoms with Gasteiger partial charge in [-0.2, -0.15) is 0 Å². The number of aromatic carboxylic acids is 1. The predicted molar refractivity (Wildman–Crippen MR) is 67.3 cm³/mol. The molecule has 1 amide bonds. The van der Waals surface area contributed by atoms with Crippen molar-refractivity contribution >= 4 is 17.7 Å². The highest BCUT2D eigenvalue weighted by Gasteiger charge is 2.08. The maximum Gasteiger partial charge on any atom is 0.337 e. The summed E-state index contributed by atoms with van der Waals surface area (Å²) in [6.07, 6.45) is 1.16. The third-order valence-electron chi connectivity index (χ3n) is 2.38. The SMILES string of the molecule is O=C(O)c1ccc(NC(=O)c2ccc(O)cc2)nc1. The highest BCUT2D eigenvalue weighted by atomic mass is 16.4. The molecule has 3 N–H and O–H groups in total. The van der Waals surface area contributed by atoms with Crippen molar-refractivity contribution in [2.45, 2.75) is 0 Å². The summed E-state index contributed by atoms with van der Waals surface area (Å²) in [4.78, 5) is 26.3. The van der Waals surface area contributed by atoms with E-state index in [2.05, 4.69) is 10.3 Å². The quantitative estimate of drug-likeness (QED) is 0.778. The van der Waals surface area contributed by atoms with Crippen LogP contribution in [-0.4, -0.2) is 27.1 Å². The summed E-state index contributed by atoms with van der Waals surface area (Å²) in [7, 11) is 0. The molecule has 0 aliphatic heterocycles. The fourth-order valence-electron chi connectivity index (χ4n) is 1.40. The van der Waals surface area contributed by atoms with E-state index in [1.165, 1.54) is 36.4 Å². The van der Waals surface area contributed by atoms with Crippen LogP contribution < -0.4 is 5.32 Å². The molecule has 0 fully saturated rings. The Hall–Kier alpha value is -2.89. The third kappa shape index (κ3) is 3.06. The van der Waals surface area contributed by atoms with Gasteiger partial charge in [0, 0.05) is 11.8 Å². The maximum atomic E-state index is 11.8. The minimum Gasteiger partial charge on any atom is -0.508 e. The fraction of sp³-hybridized carbons (Fsp3) is 0. The Balaban J connectivity index is 2.10. The van der Waals surface area contributed by atoms with Crippen LogP contribution in [-0.2, 0) is 0 Å². The van der Waals surface area contributed by atoms with Crippen molar-refractivity contribution in [3.8, 4) is 5.75 Å². The van der Waals surface area contributed by atoms with Gasteiger partial charge in [0.1, 0.15) is 11.6 Å². The molecule has 1 aromatic carbocycles. The molecule has 0 radical (unpaired) electrons. The Morgan fingerprint density at radius 2 is 1.63 bits per heavy atom. The van der Waals surface area contributed by atoms with E-state index in [-0.39, 0.29) is 17.1 Å². The number of carbonyl (C=O) groups excluding carboxylic acids is 1. The molecule has 0 saturated heterocycles. The summed E-state index contributed by atoms with van der Waals surface area (Å²) in [5, 5.41) is 20.3. The van der Waals surface area contributed by atoms with Crippen molar-refractivity contribution in [3.05, 3.63) is 53.7 Å². The smallest absolute Gasteiger partial charge is 0.337 e. The van der Waals surface area contributed by atoms with Gasteiger partial charge in [-0.15, -0.1) is 0 Å². The van der Waals surface area contributed by atoms with Crippen LogP contribution in [0.3, 0.4) is 0 Å². The van der Waals surface area contributed by atoms with Crippen molar-refractivity contribution < 1.29 is 19.8 Å². The highest BCUT2D eigenvalue weighted by Crippen LogP contribution is 2.12. The molecule has 0 spiro atoms. The highest BCUT2D eigenvalue weighted by molar-refractivity contribution is 6.03. The molecule has 19 heavy (non-hydrogen) atoms. The summed E-state index contributed by atoms with van der Waals surface area (Å²) in [6.45, 7) is 0. The average Bonchev–Trinajstić information content (AvgIpc) is 2.40. The van der Waals surface area contributed by atoms with Crippen molar-refractivity contribution in [2.75, 3.05) is 5.32 Å². The summed E-state index contributed by atoms with van der Waals surface area (Å²) in [6, 6.07) is 8.49. The molecule has 2 aromatic rings. The number of hydrogen-bond donors (Lipinski definition) is 3. The van der Waals surface area contributed by atoms with Gasteiger partial charge in [-0.1, -0.05) is 0 Å². The maximum absolute atomic E-state index is 11.8. The van der Waals surface area contributed by atoms with Gasteiger partial charge in [0.05, 0.1) is 5.56 Å². The first-order valence-corrected chi connectivity index (χ1v) is 5.36. The number of pyridine rings is 1. The molecule has 1 heterocycles. The molecule has 6 nitrogen and oxygen atoms in total. The lowest BCUT2D eigenvalue weighted by Crippen LogP contribution is -2.13. The summed E-state index contributed by atoms with van der Waals surface area (Å²) < 4.78 is 0. The van der Waals surface area contributed by atoms with E-state index in [0.29, 0.717) is 5.56 Å². The van der Waals surface area contributed by atoms with Crippen LogP contribution in [0.2, 0.25) is 0 Å². The van der Waals surface area contributed by atoms with E-state index in [1.807, 2.05) is 0 Å². The number of amides is 1. The van der Waals surface area contributed by atoms with Crippen LogP contribution >= 0.6 is 0 Å². The second kappa shape index (κ2) is 5.18. The van der Waals surface area contributed by atoms with E-state index < -0.39 is 11.9 Å². The molecule has 0 saturated carbocycles. The lowest BCUT2D eigenvalue weighted by Gasteiger charge is -2.04. The monoisotopic (exact) mass is 258 g/mol. The molecule has 0 unspecified atom stereocenters. The molecule has 96 valence electrons. The van der Waals surface area contributed by atoms with E-state index >= 15 is 0 Å². The number of nitrogens with one attached hydrogen (secondary N) is 1. The molecule has 0 atom stereocenters. The van der Waals surface area contributed by atoms with Crippen LogP contribution in [0.25, 0.3) is 0 Å². The van der Waals surface area contributed by atoms with Crippen molar-refractivity contribution in [1.82, 2.24) is 4.98 Å². The van der Waals surface area contributed by atoms with E-state index in [0.717, 1.165) is 6.20 Å². The van der Waals surface area contributed by atoms with Crippen molar-refractivity contribution in [2.24, 2.45) is 0 Å². The molecule has 0 bridgehead atoms. The lowest BCUT2D eigenvalue weighted by atomic mass is 10.2. The van der Waals surface area contributed by atoms with E-state index in [1.54, 1.807) is 0 Å². The number of aromatic nitrogens is 1. The summed E-state index contributed by atoms with van der Waals surface area (Å²) in [5.41, 5.74) is 0.407. The second-order valence-corrected chi connectivity index (χ2v) is 3.74. The standard InChI is InChI=1S/C13H10N2O4/c16-10-4-1-8(2-5-10)12(17)15-11-6-3-9(7-14-11)13(18)19/h1-7,16H,(H,18,19)(H,14,15,17). The van der Waals surface area contributed by atoms with Crippen LogP contribution in [0.1, 0.15) is 20.7 Å². The van der Waals surface area contributed by atoms with Gasteiger partial charge >= 0.3 is 5.97 Å². The molecular formula is C13H10N2O4. The number of nitrogens with zero attached hydrogens (tertiary/aromatic N) is 1. The van der Waals surface area contributed by atoms with Crippen LogP contribution in [0.4, 0.5) is 5.82 Å². The van der Waals surface area contributed by atoms with Gasteiger partial charge in [0.25, 0.3) is 5.91 Å². The van der Waals surface area contributed by atoms with Gasteiger partial charge in [0.2, 0.25) is 0 Å². The van der Waals surface area contributed by atoms with Crippen LogP contribution in [0.15, 0.2) is 42.6 Å². The zero-order chi connectivity index (χ0) is 13.8. The van der Waals surface area contributed by atoms with Gasteiger partial charge in [-0.25, -0.2) is 9.78 Å². The molecule has 0 aliphatic rings. The Labute approximate surface area is 108 Å². The Kier molecular flexibility index (Phi) is 3.42. The van der Waals surface area contributed by atoms with Crippen molar-refractivity contribution in [1.29, 1.82) is 0 Å². The first-order chi connectivity index (χ1) is 9.06. The van der Waals surface area contributed by atoms with E-state index in [4.69, 9.17) is 10.2 Å². The minimum absolute atomic E-state index is 0.0441. The lowest BCUT2D eigenvalue weighted by molar-refractivity contribution is 0.0696. The number of phenols is 1. The molecule has 6 heteroatoms. The first-order valence-electron chi connectivity index (χ1n) is 5.36. The molecule has 1 aromatic heterocycles. The first kappa shape index (κ1) is 12.6. The number of anilines is 1. The van der Waals surface area contributed by atoms with Gasteiger partial charge in [-0.05, 0) is 36.4 Å². The Bertz CT molecular complexity index is 606. The number of carbonyl (C=O) groups is 2. The topological polar surface area (TPSA) is 99.5 Å². The normalized spacial score (nSPS) is 9.89. The fourth-order valence-corrected chi connectivity index (χ4v) is 1.40. The third-order valence-corrected chi connectivity index (χ3v) is 2.38. The number of carboxylic acids is 1. The number of rotatable bonds is 3. The van der Waals surface area contributed by atoms with E-state index in [9.17, 15) is 9.59 Å². The minimum atomic E-state index is -1.08. The molecule has 2 rings (SSSR count). The second-order valence-electron chi connectivity index (χ2n) is 3.74. The molecular weight excluding hydrogens is 248 g/mol.